The maximum atomic E-state index is 5.42. The van der Waals surface area contributed by atoms with Gasteiger partial charge >= 0.3 is 0 Å². The van der Waals surface area contributed by atoms with Crippen LogP contribution in [0, 0.1) is 6.92 Å². The number of hydrogen-bond acceptors (Lipinski definition) is 5. The molecule has 1 unspecified atom stereocenters. The number of ether oxygens (including phenoxy) is 1. The van der Waals surface area contributed by atoms with Crippen molar-refractivity contribution in [1.82, 2.24) is 20.5 Å². The van der Waals surface area contributed by atoms with Gasteiger partial charge in [-0.15, -0.1) is 5.10 Å². The number of aryl methyl sites for hydroxylation is 1. The highest BCUT2D eigenvalue weighted by molar-refractivity contribution is 5.66. The molecule has 3 rings (SSSR count). The molecule has 2 N–H and O–H groups in total. The minimum absolute atomic E-state index is 0.453. The Labute approximate surface area is 124 Å². The highest BCUT2D eigenvalue weighted by Gasteiger charge is 2.20. The molecular weight excluding hydrogens is 266 g/mol. The molecule has 6 heteroatoms. The molecule has 0 radical (unpaired) electrons. The second-order valence-electron chi connectivity index (χ2n) is 5.49. The summed E-state index contributed by atoms with van der Waals surface area (Å²) in [6, 6.07) is 6.50. The SMILES string of the molecule is COc1ccc(C)cc1-c1nc(N2CCNC(C)C2)n[nH]1. The number of H-pyrrole nitrogens is 1. The molecule has 0 saturated carbocycles. The average Bonchev–Trinajstić information content (AvgIpc) is 2.97. The fourth-order valence-corrected chi connectivity index (χ4v) is 2.64. The lowest BCUT2D eigenvalue weighted by atomic mass is 10.1. The van der Waals surface area contributed by atoms with Crippen molar-refractivity contribution in [3.8, 4) is 17.1 Å². The normalized spacial score (nSPS) is 18.8. The summed E-state index contributed by atoms with van der Waals surface area (Å²) >= 11 is 0. The van der Waals surface area contributed by atoms with E-state index in [1.54, 1.807) is 7.11 Å². The van der Waals surface area contributed by atoms with Crippen LogP contribution in [0.3, 0.4) is 0 Å². The summed E-state index contributed by atoms with van der Waals surface area (Å²) in [4.78, 5) is 6.84. The fraction of sp³-hybridized carbons (Fsp3) is 0.467. The molecule has 0 aliphatic carbocycles. The van der Waals surface area contributed by atoms with Gasteiger partial charge in [0, 0.05) is 25.7 Å². The molecule has 1 aromatic heterocycles. The molecule has 1 atom stereocenters. The number of benzene rings is 1. The quantitative estimate of drug-likeness (QED) is 0.897. The second-order valence-corrected chi connectivity index (χ2v) is 5.49. The Hall–Kier alpha value is -2.08. The molecule has 0 amide bonds. The van der Waals surface area contributed by atoms with E-state index in [0.29, 0.717) is 6.04 Å². The van der Waals surface area contributed by atoms with Crippen LogP contribution in [0.1, 0.15) is 12.5 Å². The Balaban J connectivity index is 1.89. The summed E-state index contributed by atoms with van der Waals surface area (Å²) in [5.74, 6) is 2.30. The van der Waals surface area contributed by atoms with E-state index in [4.69, 9.17) is 4.74 Å². The van der Waals surface area contributed by atoms with Crippen LogP contribution in [-0.2, 0) is 0 Å². The number of anilines is 1. The number of piperazine rings is 1. The van der Waals surface area contributed by atoms with Gasteiger partial charge < -0.3 is 15.0 Å². The molecule has 112 valence electrons. The van der Waals surface area contributed by atoms with E-state index in [-0.39, 0.29) is 0 Å². The van der Waals surface area contributed by atoms with Crippen molar-refractivity contribution < 1.29 is 4.74 Å². The van der Waals surface area contributed by atoms with Gasteiger partial charge in [0.1, 0.15) is 5.75 Å². The van der Waals surface area contributed by atoms with E-state index >= 15 is 0 Å². The standard InChI is InChI=1S/C15H21N5O/c1-10-4-5-13(21-3)12(8-10)14-17-15(19-18-14)20-7-6-16-11(2)9-20/h4-5,8,11,16H,6-7,9H2,1-3H3,(H,17,18,19). The van der Waals surface area contributed by atoms with E-state index < -0.39 is 0 Å². The summed E-state index contributed by atoms with van der Waals surface area (Å²) in [5.41, 5.74) is 2.11. The maximum absolute atomic E-state index is 5.42. The second kappa shape index (κ2) is 5.73. The van der Waals surface area contributed by atoms with Gasteiger partial charge in [-0.25, -0.2) is 0 Å². The number of methoxy groups -OCH3 is 1. The highest BCUT2D eigenvalue weighted by Crippen LogP contribution is 2.29. The Bertz CT molecular complexity index is 624. The van der Waals surface area contributed by atoms with Crippen molar-refractivity contribution in [2.75, 3.05) is 31.6 Å². The van der Waals surface area contributed by atoms with Crippen LogP contribution in [0.2, 0.25) is 0 Å². The summed E-state index contributed by atoms with van der Waals surface area (Å²) in [6.07, 6.45) is 0. The van der Waals surface area contributed by atoms with Crippen molar-refractivity contribution in [2.45, 2.75) is 19.9 Å². The predicted molar refractivity (Wildman–Crippen MR) is 82.8 cm³/mol. The molecule has 2 aromatic rings. The molecule has 2 heterocycles. The van der Waals surface area contributed by atoms with Crippen molar-refractivity contribution in [3.05, 3.63) is 23.8 Å². The van der Waals surface area contributed by atoms with Crippen LogP contribution in [0.5, 0.6) is 5.75 Å². The number of aromatic nitrogens is 3. The first-order valence-electron chi connectivity index (χ1n) is 7.23. The van der Waals surface area contributed by atoms with E-state index in [1.165, 1.54) is 5.56 Å². The van der Waals surface area contributed by atoms with Gasteiger partial charge in [0.25, 0.3) is 0 Å². The van der Waals surface area contributed by atoms with Gasteiger partial charge in [-0.2, -0.15) is 4.98 Å². The smallest absolute Gasteiger partial charge is 0.245 e. The first kappa shape index (κ1) is 13.9. The summed E-state index contributed by atoms with van der Waals surface area (Å²) in [7, 11) is 1.67. The maximum Gasteiger partial charge on any atom is 0.245 e. The third-order valence-electron chi connectivity index (χ3n) is 3.74. The number of rotatable bonds is 3. The highest BCUT2D eigenvalue weighted by atomic mass is 16.5. The molecule has 1 saturated heterocycles. The molecule has 1 aliphatic heterocycles. The topological polar surface area (TPSA) is 66.1 Å². The Morgan fingerprint density at radius 2 is 2.24 bits per heavy atom. The number of aromatic amines is 1. The monoisotopic (exact) mass is 287 g/mol. The van der Waals surface area contributed by atoms with Gasteiger partial charge in [-0.3, -0.25) is 5.10 Å². The van der Waals surface area contributed by atoms with Crippen LogP contribution >= 0.6 is 0 Å². The zero-order chi connectivity index (χ0) is 14.8. The van der Waals surface area contributed by atoms with Crippen LogP contribution in [0.4, 0.5) is 5.95 Å². The summed E-state index contributed by atoms with van der Waals surface area (Å²) < 4.78 is 5.42. The van der Waals surface area contributed by atoms with Crippen molar-refractivity contribution in [2.24, 2.45) is 0 Å². The van der Waals surface area contributed by atoms with E-state index in [2.05, 4.69) is 45.3 Å². The van der Waals surface area contributed by atoms with Crippen LogP contribution in [0.25, 0.3) is 11.4 Å². The predicted octanol–water partition coefficient (Wildman–Crippen LogP) is 1.59. The third kappa shape index (κ3) is 2.85. The third-order valence-corrected chi connectivity index (χ3v) is 3.74. The first-order chi connectivity index (χ1) is 10.2. The molecule has 6 nitrogen and oxygen atoms in total. The lowest BCUT2D eigenvalue weighted by Gasteiger charge is -2.30. The van der Waals surface area contributed by atoms with Gasteiger partial charge in [-0.1, -0.05) is 11.6 Å². The van der Waals surface area contributed by atoms with Crippen LogP contribution in [0.15, 0.2) is 18.2 Å². The fourth-order valence-electron chi connectivity index (χ4n) is 2.64. The van der Waals surface area contributed by atoms with Gasteiger partial charge in [0.2, 0.25) is 5.95 Å². The Morgan fingerprint density at radius 3 is 3.00 bits per heavy atom. The van der Waals surface area contributed by atoms with Crippen molar-refractivity contribution in [1.29, 1.82) is 0 Å². The van der Waals surface area contributed by atoms with Crippen molar-refractivity contribution >= 4 is 5.95 Å². The van der Waals surface area contributed by atoms with Gasteiger partial charge in [0.15, 0.2) is 5.82 Å². The zero-order valence-electron chi connectivity index (χ0n) is 12.7. The van der Waals surface area contributed by atoms with E-state index in [1.807, 2.05) is 12.1 Å². The van der Waals surface area contributed by atoms with Crippen molar-refractivity contribution in [3.63, 3.8) is 0 Å². The Morgan fingerprint density at radius 1 is 1.38 bits per heavy atom. The van der Waals surface area contributed by atoms with Crippen LogP contribution < -0.4 is 15.0 Å². The molecule has 1 aromatic carbocycles. The van der Waals surface area contributed by atoms with Gasteiger partial charge in [-0.05, 0) is 26.0 Å². The molecule has 21 heavy (non-hydrogen) atoms. The van der Waals surface area contributed by atoms with E-state index in [9.17, 15) is 0 Å². The summed E-state index contributed by atoms with van der Waals surface area (Å²) in [5, 5.41) is 10.8. The molecule has 1 fully saturated rings. The summed E-state index contributed by atoms with van der Waals surface area (Å²) in [6.45, 7) is 7.02. The molecule has 0 bridgehead atoms. The number of nitrogens with one attached hydrogen (secondary N) is 2. The zero-order valence-corrected chi connectivity index (χ0v) is 12.7. The minimum Gasteiger partial charge on any atom is -0.496 e. The average molecular weight is 287 g/mol. The number of nitrogens with zero attached hydrogens (tertiary/aromatic N) is 3. The van der Waals surface area contributed by atoms with E-state index in [0.717, 1.165) is 42.7 Å². The first-order valence-corrected chi connectivity index (χ1v) is 7.23. The lowest BCUT2D eigenvalue weighted by Crippen LogP contribution is -2.49. The minimum atomic E-state index is 0.453. The Kier molecular flexibility index (Phi) is 3.79. The molecule has 0 spiro atoms. The van der Waals surface area contributed by atoms with Crippen LogP contribution in [-0.4, -0.2) is 48.0 Å². The lowest BCUT2D eigenvalue weighted by molar-refractivity contribution is 0.416. The molecule has 1 aliphatic rings. The number of hydrogen-bond donors (Lipinski definition) is 2. The largest absolute Gasteiger partial charge is 0.496 e. The van der Waals surface area contributed by atoms with Gasteiger partial charge in [0.05, 0.1) is 12.7 Å². The molecular formula is C15H21N5O.